The van der Waals surface area contributed by atoms with E-state index in [9.17, 15) is 9.59 Å². The number of amides is 2. The highest BCUT2D eigenvalue weighted by Gasteiger charge is 2.19. The standard InChI is InChI=1S/C25H30N4O2/c1-19-9-8-10-20(17-19)25(31)26-14-13-23-27-21-11-4-5-12-22(21)29(23)18-24(30)28-15-6-2-3-7-16-28/h4-5,8-12,17H,2-3,6-7,13-16,18H2,1H3,(H,26,31). The van der Waals surface area contributed by atoms with Gasteiger partial charge >= 0.3 is 0 Å². The van der Waals surface area contributed by atoms with Gasteiger partial charge in [0.05, 0.1) is 11.0 Å². The maximum atomic E-state index is 13.0. The van der Waals surface area contributed by atoms with Crippen LogP contribution in [0.5, 0.6) is 0 Å². The van der Waals surface area contributed by atoms with Gasteiger partial charge in [0.25, 0.3) is 5.91 Å². The number of aryl methyl sites for hydroxylation is 1. The summed E-state index contributed by atoms with van der Waals surface area (Å²) >= 11 is 0. The number of rotatable bonds is 6. The molecule has 1 aromatic heterocycles. The van der Waals surface area contributed by atoms with Crippen LogP contribution in [0.4, 0.5) is 0 Å². The largest absolute Gasteiger partial charge is 0.352 e. The van der Waals surface area contributed by atoms with Gasteiger partial charge in [0.15, 0.2) is 0 Å². The summed E-state index contributed by atoms with van der Waals surface area (Å²) in [4.78, 5) is 32.2. The van der Waals surface area contributed by atoms with E-state index in [4.69, 9.17) is 4.98 Å². The number of para-hydroxylation sites is 2. The van der Waals surface area contributed by atoms with Gasteiger partial charge in [0.1, 0.15) is 12.4 Å². The van der Waals surface area contributed by atoms with Crippen LogP contribution in [-0.4, -0.2) is 45.9 Å². The minimum Gasteiger partial charge on any atom is -0.352 e. The second-order valence-electron chi connectivity index (χ2n) is 8.27. The van der Waals surface area contributed by atoms with Gasteiger partial charge in [-0.25, -0.2) is 4.98 Å². The molecule has 2 amide bonds. The molecule has 0 radical (unpaired) electrons. The summed E-state index contributed by atoms with van der Waals surface area (Å²) in [6.07, 6.45) is 5.12. The van der Waals surface area contributed by atoms with Crippen LogP contribution in [0.25, 0.3) is 11.0 Å². The quantitative estimate of drug-likeness (QED) is 0.663. The van der Waals surface area contributed by atoms with E-state index in [1.165, 1.54) is 12.8 Å². The SMILES string of the molecule is Cc1cccc(C(=O)NCCc2nc3ccccc3n2CC(=O)N2CCCCCC2)c1. The molecule has 2 aromatic carbocycles. The lowest BCUT2D eigenvalue weighted by atomic mass is 10.1. The van der Waals surface area contributed by atoms with Crippen molar-refractivity contribution in [2.45, 2.75) is 45.6 Å². The maximum absolute atomic E-state index is 13.0. The van der Waals surface area contributed by atoms with Crippen LogP contribution >= 0.6 is 0 Å². The van der Waals surface area contributed by atoms with Crippen LogP contribution in [0.2, 0.25) is 0 Å². The van der Waals surface area contributed by atoms with Crippen LogP contribution in [0.3, 0.4) is 0 Å². The topological polar surface area (TPSA) is 67.2 Å². The summed E-state index contributed by atoms with van der Waals surface area (Å²) in [5.41, 5.74) is 3.56. The van der Waals surface area contributed by atoms with Crippen molar-refractivity contribution in [3.05, 3.63) is 65.5 Å². The Morgan fingerprint density at radius 2 is 1.77 bits per heavy atom. The van der Waals surface area contributed by atoms with Crippen molar-refractivity contribution in [3.8, 4) is 0 Å². The molecule has 0 saturated carbocycles. The lowest BCUT2D eigenvalue weighted by molar-refractivity contribution is -0.131. The molecular weight excluding hydrogens is 388 g/mol. The molecule has 1 aliphatic rings. The summed E-state index contributed by atoms with van der Waals surface area (Å²) in [5.74, 6) is 0.885. The normalized spacial score (nSPS) is 14.4. The first kappa shape index (κ1) is 21.1. The molecule has 1 aliphatic heterocycles. The lowest BCUT2D eigenvalue weighted by Crippen LogP contribution is -2.35. The van der Waals surface area contributed by atoms with E-state index >= 15 is 0 Å². The maximum Gasteiger partial charge on any atom is 0.251 e. The van der Waals surface area contributed by atoms with Gasteiger partial charge in [-0.1, -0.05) is 42.7 Å². The molecular formula is C25H30N4O2. The Kier molecular flexibility index (Phi) is 6.65. The van der Waals surface area contributed by atoms with Crippen molar-refractivity contribution in [2.75, 3.05) is 19.6 Å². The van der Waals surface area contributed by atoms with Crippen LogP contribution in [0.15, 0.2) is 48.5 Å². The van der Waals surface area contributed by atoms with E-state index < -0.39 is 0 Å². The number of hydrogen-bond acceptors (Lipinski definition) is 3. The van der Waals surface area contributed by atoms with E-state index in [0.717, 1.165) is 48.4 Å². The average Bonchev–Trinajstić information content (AvgIpc) is 2.94. The van der Waals surface area contributed by atoms with E-state index in [-0.39, 0.29) is 11.8 Å². The highest BCUT2D eigenvalue weighted by Crippen LogP contribution is 2.18. The van der Waals surface area contributed by atoms with Crippen molar-refractivity contribution < 1.29 is 9.59 Å². The Balaban J connectivity index is 1.47. The molecule has 2 heterocycles. The van der Waals surface area contributed by atoms with Gasteiger partial charge in [-0.15, -0.1) is 0 Å². The number of likely N-dealkylation sites (tertiary alicyclic amines) is 1. The first-order chi connectivity index (χ1) is 15.1. The van der Waals surface area contributed by atoms with Crippen LogP contribution < -0.4 is 5.32 Å². The van der Waals surface area contributed by atoms with E-state index in [1.807, 2.05) is 64.9 Å². The molecule has 0 atom stereocenters. The Hall–Kier alpha value is -3.15. The number of carbonyl (C=O) groups is 2. The molecule has 1 saturated heterocycles. The second-order valence-corrected chi connectivity index (χ2v) is 8.27. The van der Waals surface area contributed by atoms with Gasteiger partial charge in [-0.3, -0.25) is 9.59 Å². The molecule has 1 N–H and O–H groups in total. The van der Waals surface area contributed by atoms with Crippen LogP contribution in [-0.2, 0) is 17.8 Å². The minimum atomic E-state index is -0.0907. The van der Waals surface area contributed by atoms with Crippen LogP contribution in [0, 0.1) is 6.92 Å². The number of nitrogens with one attached hydrogen (secondary N) is 1. The lowest BCUT2D eigenvalue weighted by Gasteiger charge is -2.21. The minimum absolute atomic E-state index is 0.0907. The zero-order valence-corrected chi connectivity index (χ0v) is 18.1. The third kappa shape index (κ3) is 5.13. The van der Waals surface area contributed by atoms with Crippen LogP contribution in [0.1, 0.15) is 47.4 Å². The highest BCUT2D eigenvalue weighted by atomic mass is 16.2. The fraction of sp³-hybridized carbons (Fsp3) is 0.400. The Morgan fingerprint density at radius 1 is 1.00 bits per heavy atom. The zero-order valence-electron chi connectivity index (χ0n) is 18.1. The molecule has 31 heavy (non-hydrogen) atoms. The monoisotopic (exact) mass is 418 g/mol. The van der Waals surface area contributed by atoms with Gasteiger partial charge < -0.3 is 14.8 Å². The van der Waals surface area contributed by atoms with E-state index in [2.05, 4.69) is 5.32 Å². The Morgan fingerprint density at radius 3 is 2.55 bits per heavy atom. The second kappa shape index (κ2) is 9.77. The molecule has 1 fully saturated rings. The average molecular weight is 419 g/mol. The van der Waals surface area contributed by atoms with Crippen molar-refractivity contribution in [2.24, 2.45) is 0 Å². The number of carbonyl (C=O) groups excluding carboxylic acids is 2. The van der Waals surface area contributed by atoms with Gasteiger partial charge in [-0.05, 0) is 44.0 Å². The Labute approximate surface area is 183 Å². The van der Waals surface area contributed by atoms with Crippen molar-refractivity contribution in [3.63, 3.8) is 0 Å². The number of hydrogen-bond donors (Lipinski definition) is 1. The molecule has 6 heteroatoms. The van der Waals surface area contributed by atoms with E-state index in [0.29, 0.717) is 25.1 Å². The molecule has 3 aromatic rings. The molecule has 0 unspecified atom stereocenters. The summed E-state index contributed by atoms with van der Waals surface area (Å²) in [6, 6.07) is 15.5. The first-order valence-corrected chi connectivity index (χ1v) is 11.2. The summed E-state index contributed by atoms with van der Waals surface area (Å²) < 4.78 is 2.02. The fourth-order valence-electron chi connectivity index (χ4n) is 4.22. The molecule has 0 aliphatic carbocycles. The predicted molar refractivity (Wildman–Crippen MR) is 122 cm³/mol. The molecule has 0 spiro atoms. The van der Waals surface area contributed by atoms with E-state index in [1.54, 1.807) is 0 Å². The summed E-state index contributed by atoms with van der Waals surface area (Å²) in [6.45, 7) is 4.41. The van der Waals surface area contributed by atoms with Crippen molar-refractivity contribution >= 4 is 22.8 Å². The van der Waals surface area contributed by atoms with Crippen molar-refractivity contribution in [1.82, 2.24) is 19.8 Å². The number of benzene rings is 2. The molecule has 4 rings (SSSR count). The van der Waals surface area contributed by atoms with Crippen molar-refractivity contribution in [1.29, 1.82) is 0 Å². The fourth-order valence-corrected chi connectivity index (χ4v) is 4.22. The molecule has 0 bridgehead atoms. The number of nitrogens with zero attached hydrogens (tertiary/aromatic N) is 3. The first-order valence-electron chi connectivity index (χ1n) is 11.2. The van der Waals surface area contributed by atoms with Gasteiger partial charge in [0, 0.05) is 31.6 Å². The summed E-state index contributed by atoms with van der Waals surface area (Å²) in [5, 5.41) is 2.98. The molecule has 162 valence electrons. The summed E-state index contributed by atoms with van der Waals surface area (Å²) in [7, 11) is 0. The number of aromatic nitrogens is 2. The number of imidazole rings is 1. The highest BCUT2D eigenvalue weighted by molar-refractivity contribution is 5.94. The van der Waals surface area contributed by atoms with Gasteiger partial charge in [-0.2, -0.15) is 0 Å². The third-order valence-electron chi connectivity index (χ3n) is 5.90. The molecule has 6 nitrogen and oxygen atoms in total. The Bertz CT molecular complexity index is 1060. The number of fused-ring (bicyclic) bond motifs is 1. The zero-order chi connectivity index (χ0) is 21.6. The third-order valence-corrected chi connectivity index (χ3v) is 5.90. The smallest absolute Gasteiger partial charge is 0.251 e. The van der Waals surface area contributed by atoms with Gasteiger partial charge in [0.2, 0.25) is 5.91 Å². The predicted octanol–water partition coefficient (Wildman–Crippen LogP) is 3.72.